The Hall–Kier alpha value is -3.38. The summed E-state index contributed by atoms with van der Waals surface area (Å²) in [4.78, 5) is 13.5. The number of esters is 1. The van der Waals surface area contributed by atoms with Crippen LogP contribution >= 0.6 is 0 Å². The summed E-state index contributed by atoms with van der Waals surface area (Å²) in [6, 6.07) is 15.3. The molecule has 0 fully saturated rings. The van der Waals surface area contributed by atoms with Crippen LogP contribution in [0.1, 0.15) is 30.9 Å². The lowest BCUT2D eigenvalue weighted by atomic mass is 9.79. The molecule has 2 atom stereocenters. The summed E-state index contributed by atoms with van der Waals surface area (Å²) in [5.41, 5.74) is -0.943. The molecule has 5 nitrogen and oxygen atoms in total. The van der Waals surface area contributed by atoms with Crippen LogP contribution in [0.5, 0.6) is 0 Å². The highest BCUT2D eigenvalue weighted by molar-refractivity contribution is 7.85. The molecule has 1 N–H and O–H groups in total. The van der Waals surface area contributed by atoms with Crippen molar-refractivity contribution in [1.29, 1.82) is 5.26 Å². The van der Waals surface area contributed by atoms with Crippen molar-refractivity contribution in [3.05, 3.63) is 88.3 Å². The van der Waals surface area contributed by atoms with Gasteiger partial charge in [0.15, 0.2) is 0 Å². The number of nitrogens with zero attached hydrogens (tertiary/aromatic N) is 1. The van der Waals surface area contributed by atoms with Gasteiger partial charge in [-0.3, -0.25) is 4.21 Å². The van der Waals surface area contributed by atoms with Crippen molar-refractivity contribution in [3.63, 3.8) is 0 Å². The number of nitriles is 1. The van der Waals surface area contributed by atoms with Crippen molar-refractivity contribution < 1.29 is 26.9 Å². The van der Waals surface area contributed by atoms with E-state index in [9.17, 15) is 27.4 Å². The molecule has 172 valence electrons. The molecule has 0 spiro atoms. The molecule has 0 bridgehead atoms. The van der Waals surface area contributed by atoms with E-state index >= 15 is 0 Å². The minimum Gasteiger partial charge on any atom is -0.463 e. The number of benzene rings is 2. The van der Waals surface area contributed by atoms with Gasteiger partial charge in [-0.05, 0) is 37.6 Å². The second-order valence-corrected chi connectivity index (χ2v) is 8.66. The highest BCUT2D eigenvalue weighted by Crippen LogP contribution is 2.44. The molecule has 0 aliphatic carbocycles. The van der Waals surface area contributed by atoms with Gasteiger partial charge in [0.05, 0.1) is 51.9 Å². The number of hydrogen-bond acceptors (Lipinski definition) is 5. The third-order valence-electron chi connectivity index (χ3n) is 5.12. The van der Waals surface area contributed by atoms with Gasteiger partial charge in [0.2, 0.25) is 0 Å². The molecule has 1 aliphatic rings. The van der Waals surface area contributed by atoms with E-state index in [1.54, 1.807) is 37.3 Å². The third kappa shape index (κ3) is 5.17. The highest BCUT2D eigenvalue weighted by atomic mass is 32.2. The molecule has 0 saturated heterocycles. The van der Waals surface area contributed by atoms with Crippen molar-refractivity contribution in [2.24, 2.45) is 0 Å². The highest BCUT2D eigenvalue weighted by Gasteiger charge is 2.41. The van der Waals surface area contributed by atoms with E-state index in [1.807, 2.05) is 6.07 Å². The minimum absolute atomic E-state index is 0.0182. The molecule has 2 aromatic carbocycles. The van der Waals surface area contributed by atoms with Gasteiger partial charge >= 0.3 is 12.1 Å². The molecule has 33 heavy (non-hydrogen) atoms. The van der Waals surface area contributed by atoms with Crippen LogP contribution in [0.25, 0.3) is 0 Å². The molecule has 0 saturated carbocycles. The van der Waals surface area contributed by atoms with Crippen LogP contribution in [0.2, 0.25) is 0 Å². The average Bonchev–Trinajstić information content (AvgIpc) is 2.78. The molecule has 2 aromatic rings. The van der Waals surface area contributed by atoms with Crippen LogP contribution in [-0.4, -0.2) is 22.5 Å². The Labute approximate surface area is 192 Å². The average molecular weight is 475 g/mol. The number of carbonyl (C=O) groups is 1. The molecule has 0 aromatic heterocycles. The lowest BCUT2D eigenvalue weighted by molar-refractivity contribution is -0.140. The molecule has 1 unspecified atom stereocenters. The number of dihydropyridines is 1. The molecule has 3 rings (SSSR count). The van der Waals surface area contributed by atoms with Crippen molar-refractivity contribution in [1.82, 2.24) is 5.32 Å². The predicted molar refractivity (Wildman–Crippen MR) is 117 cm³/mol. The van der Waals surface area contributed by atoms with E-state index in [0.717, 1.165) is 6.07 Å². The van der Waals surface area contributed by atoms with Crippen molar-refractivity contribution in [2.45, 2.75) is 30.8 Å². The van der Waals surface area contributed by atoms with E-state index in [1.165, 1.54) is 25.1 Å². The Morgan fingerprint density at radius 1 is 1.15 bits per heavy atom. The van der Waals surface area contributed by atoms with Crippen LogP contribution < -0.4 is 5.32 Å². The van der Waals surface area contributed by atoms with Gasteiger partial charge in [0.25, 0.3) is 0 Å². The van der Waals surface area contributed by atoms with Gasteiger partial charge in [0, 0.05) is 16.3 Å². The summed E-state index contributed by atoms with van der Waals surface area (Å²) in [6.07, 6.45) is -4.71. The Kier molecular flexibility index (Phi) is 7.39. The van der Waals surface area contributed by atoms with E-state index in [4.69, 9.17) is 4.74 Å². The molecule has 0 radical (unpaired) electrons. The Morgan fingerprint density at radius 2 is 1.79 bits per heavy atom. The van der Waals surface area contributed by atoms with Gasteiger partial charge in [-0.2, -0.15) is 18.4 Å². The number of nitrogens with one attached hydrogen (secondary N) is 1. The summed E-state index contributed by atoms with van der Waals surface area (Å²) >= 11 is 0. The maximum atomic E-state index is 13.8. The first kappa shape index (κ1) is 24.3. The first-order valence-corrected chi connectivity index (χ1v) is 11.4. The summed E-state index contributed by atoms with van der Waals surface area (Å²) in [7, 11) is -1.60. The van der Waals surface area contributed by atoms with Crippen LogP contribution in [0.3, 0.4) is 0 Å². The second kappa shape index (κ2) is 10.0. The largest absolute Gasteiger partial charge is 0.463 e. The predicted octanol–water partition coefficient (Wildman–Crippen LogP) is 4.81. The fraction of sp³-hybridized carbons (Fsp3) is 0.250. The quantitative estimate of drug-likeness (QED) is 0.608. The van der Waals surface area contributed by atoms with Gasteiger partial charge in [-0.15, -0.1) is 0 Å². The number of rotatable bonds is 6. The first-order valence-electron chi connectivity index (χ1n) is 10.1. The van der Waals surface area contributed by atoms with E-state index < -0.39 is 34.4 Å². The van der Waals surface area contributed by atoms with Gasteiger partial charge < -0.3 is 10.1 Å². The zero-order valence-electron chi connectivity index (χ0n) is 17.9. The zero-order valence-corrected chi connectivity index (χ0v) is 18.7. The van der Waals surface area contributed by atoms with Crippen molar-refractivity contribution >= 4 is 16.8 Å². The Bertz CT molecular complexity index is 1180. The number of alkyl halides is 3. The van der Waals surface area contributed by atoms with Gasteiger partial charge in [-0.25, -0.2) is 4.79 Å². The smallest absolute Gasteiger partial charge is 0.416 e. The fourth-order valence-electron chi connectivity index (χ4n) is 3.71. The lowest BCUT2D eigenvalue weighted by Crippen LogP contribution is -2.33. The number of hydrogen-bond donors (Lipinski definition) is 1. The minimum atomic E-state index is -4.71. The SMILES string of the molecule is CCOC(=O)C1=C(CS(=O)c2ccccc2)NC(C)=C(C#N)[C@@H]1c1ccccc1C(F)(F)F. The zero-order chi connectivity index (χ0) is 24.2. The molecule has 1 aliphatic heterocycles. The number of carbonyl (C=O) groups excluding carboxylic acids is 1. The standard InChI is InChI=1S/C24H21F3N2O3S/c1-3-32-23(30)22-20(14-33(31)16-9-5-4-6-10-16)29-15(2)18(13-28)21(22)17-11-7-8-12-19(17)24(25,26)27/h4-12,21,29H,3,14H2,1-2H3/t21-,33?/m0/s1. The fourth-order valence-corrected chi connectivity index (χ4v) is 4.83. The number of allylic oxidation sites excluding steroid dienone is 2. The Morgan fingerprint density at radius 3 is 2.39 bits per heavy atom. The molecule has 9 heteroatoms. The molecule has 1 heterocycles. The summed E-state index contributed by atoms with van der Waals surface area (Å²) < 4.78 is 59.7. The lowest BCUT2D eigenvalue weighted by Gasteiger charge is -2.31. The van der Waals surface area contributed by atoms with Crippen LogP contribution in [-0.2, 0) is 26.5 Å². The second-order valence-electron chi connectivity index (χ2n) is 7.21. The number of halogens is 3. The van der Waals surface area contributed by atoms with Gasteiger partial charge in [0.1, 0.15) is 0 Å². The van der Waals surface area contributed by atoms with E-state index in [-0.39, 0.29) is 40.5 Å². The van der Waals surface area contributed by atoms with Gasteiger partial charge in [-0.1, -0.05) is 36.4 Å². The monoisotopic (exact) mass is 474 g/mol. The summed E-state index contributed by atoms with van der Waals surface area (Å²) in [5.74, 6) is -2.36. The van der Waals surface area contributed by atoms with Crippen molar-refractivity contribution in [3.8, 4) is 6.07 Å². The molecular formula is C24H21F3N2O3S. The van der Waals surface area contributed by atoms with Crippen LogP contribution in [0.15, 0.2) is 82.0 Å². The number of ether oxygens (including phenoxy) is 1. The normalized spacial score (nSPS) is 17.3. The van der Waals surface area contributed by atoms with Crippen molar-refractivity contribution in [2.75, 3.05) is 12.4 Å². The Balaban J connectivity index is 2.23. The summed E-state index contributed by atoms with van der Waals surface area (Å²) in [5, 5.41) is 12.7. The van der Waals surface area contributed by atoms with Crippen LogP contribution in [0.4, 0.5) is 13.2 Å². The van der Waals surface area contributed by atoms with E-state index in [0.29, 0.717) is 4.90 Å². The maximum absolute atomic E-state index is 13.8. The topological polar surface area (TPSA) is 79.2 Å². The third-order valence-corrected chi connectivity index (χ3v) is 6.47. The van der Waals surface area contributed by atoms with E-state index in [2.05, 4.69) is 5.32 Å². The first-order chi connectivity index (χ1) is 15.7. The summed E-state index contributed by atoms with van der Waals surface area (Å²) in [6.45, 7) is 3.09. The van der Waals surface area contributed by atoms with Crippen LogP contribution in [0, 0.1) is 11.3 Å². The molecule has 0 amide bonds. The molecular weight excluding hydrogens is 453 g/mol. The maximum Gasteiger partial charge on any atom is 0.416 e.